The van der Waals surface area contributed by atoms with Crippen molar-refractivity contribution >= 4 is 11.5 Å². The lowest BCUT2D eigenvalue weighted by atomic mass is 9.99. The molecule has 4 nitrogen and oxygen atoms in total. The second-order valence-electron chi connectivity index (χ2n) is 7.53. The van der Waals surface area contributed by atoms with Crippen molar-refractivity contribution in [1.29, 1.82) is 5.26 Å². The molecule has 1 fully saturated rings. The summed E-state index contributed by atoms with van der Waals surface area (Å²) < 4.78 is 0. The van der Waals surface area contributed by atoms with Crippen LogP contribution in [0.4, 0.5) is 5.69 Å². The van der Waals surface area contributed by atoms with Gasteiger partial charge in [0.25, 0.3) is 0 Å². The van der Waals surface area contributed by atoms with Gasteiger partial charge in [-0.3, -0.25) is 9.69 Å². The van der Waals surface area contributed by atoms with E-state index in [-0.39, 0.29) is 5.78 Å². The smallest absolute Gasteiger partial charge is 0.159 e. The summed E-state index contributed by atoms with van der Waals surface area (Å²) in [6, 6.07) is 15.9. The number of benzene rings is 2. The van der Waals surface area contributed by atoms with Crippen LogP contribution in [0.5, 0.6) is 0 Å². The summed E-state index contributed by atoms with van der Waals surface area (Å²) in [4.78, 5) is 14.2. The van der Waals surface area contributed by atoms with Crippen molar-refractivity contribution in [2.75, 3.05) is 18.4 Å². The Morgan fingerprint density at radius 2 is 2.04 bits per heavy atom. The molecule has 0 radical (unpaired) electrons. The van der Waals surface area contributed by atoms with Crippen LogP contribution in [0.2, 0.25) is 0 Å². The Hall–Kier alpha value is -2.64. The Labute approximate surface area is 161 Å². The normalized spacial score (nSPS) is 17.3. The van der Waals surface area contributed by atoms with E-state index in [1.807, 2.05) is 0 Å². The minimum Gasteiger partial charge on any atom is -0.380 e. The van der Waals surface area contributed by atoms with Gasteiger partial charge in [0.1, 0.15) is 6.07 Å². The highest BCUT2D eigenvalue weighted by molar-refractivity contribution is 5.95. The number of piperidine rings is 1. The van der Waals surface area contributed by atoms with Crippen LogP contribution in [-0.2, 0) is 13.1 Å². The lowest BCUT2D eigenvalue weighted by Crippen LogP contribution is -2.34. The van der Waals surface area contributed by atoms with Crippen molar-refractivity contribution < 1.29 is 4.79 Å². The number of hydrogen-bond donors (Lipinski definition) is 1. The molecule has 1 unspecified atom stereocenters. The average Bonchev–Trinajstić information content (AvgIpc) is 2.67. The lowest BCUT2D eigenvalue weighted by molar-refractivity contribution is 0.101. The molecule has 0 aliphatic carbocycles. The molecule has 4 heteroatoms. The third-order valence-electron chi connectivity index (χ3n) is 5.27. The van der Waals surface area contributed by atoms with Crippen molar-refractivity contribution in [2.45, 2.75) is 39.8 Å². The summed E-state index contributed by atoms with van der Waals surface area (Å²) in [5, 5.41) is 12.7. The van der Waals surface area contributed by atoms with Gasteiger partial charge in [-0.05, 0) is 61.6 Å². The highest BCUT2D eigenvalue weighted by Gasteiger charge is 2.17. The number of hydrogen-bond acceptors (Lipinski definition) is 4. The summed E-state index contributed by atoms with van der Waals surface area (Å²) in [5.41, 5.74) is 4.44. The minimum absolute atomic E-state index is 0.00200. The van der Waals surface area contributed by atoms with Gasteiger partial charge in [-0.25, -0.2) is 0 Å². The first kappa shape index (κ1) is 19.1. The van der Waals surface area contributed by atoms with Crippen molar-refractivity contribution in [2.24, 2.45) is 5.92 Å². The molecule has 0 bridgehead atoms. The van der Waals surface area contributed by atoms with E-state index in [9.17, 15) is 10.1 Å². The average molecular weight is 361 g/mol. The largest absolute Gasteiger partial charge is 0.380 e. The first-order valence-corrected chi connectivity index (χ1v) is 9.65. The molecule has 1 aliphatic heterocycles. The van der Waals surface area contributed by atoms with Gasteiger partial charge < -0.3 is 5.32 Å². The Bertz CT molecular complexity index is 853. The van der Waals surface area contributed by atoms with Crippen LogP contribution >= 0.6 is 0 Å². The van der Waals surface area contributed by atoms with Crippen LogP contribution in [0.15, 0.2) is 42.5 Å². The number of nitrogens with one attached hydrogen (secondary N) is 1. The zero-order valence-corrected chi connectivity index (χ0v) is 16.2. The molecule has 1 aliphatic rings. The number of carbonyl (C=O) groups excluding carboxylic acids is 1. The molecule has 1 atom stereocenters. The summed E-state index contributed by atoms with van der Waals surface area (Å²) in [6.45, 7) is 7.77. The van der Waals surface area contributed by atoms with Gasteiger partial charge in [-0.1, -0.05) is 31.2 Å². The van der Waals surface area contributed by atoms with E-state index in [0.29, 0.717) is 23.4 Å². The summed E-state index contributed by atoms with van der Waals surface area (Å²) in [5.74, 6) is 0.763. The van der Waals surface area contributed by atoms with Crippen LogP contribution in [0.3, 0.4) is 0 Å². The lowest BCUT2D eigenvalue weighted by Gasteiger charge is -2.31. The third-order valence-corrected chi connectivity index (χ3v) is 5.27. The molecule has 2 aromatic rings. The van der Waals surface area contributed by atoms with Gasteiger partial charge in [-0.2, -0.15) is 5.26 Å². The van der Waals surface area contributed by atoms with Gasteiger partial charge >= 0.3 is 0 Å². The van der Waals surface area contributed by atoms with Crippen molar-refractivity contribution in [3.8, 4) is 6.07 Å². The third kappa shape index (κ3) is 4.96. The fourth-order valence-corrected chi connectivity index (χ4v) is 3.75. The predicted octanol–water partition coefficient (Wildman–Crippen LogP) is 4.60. The van der Waals surface area contributed by atoms with E-state index in [1.165, 1.54) is 24.0 Å². The number of rotatable bonds is 6. The van der Waals surface area contributed by atoms with E-state index in [2.05, 4.69) is 47.5 Å². The molecule has 0 spiro atoms. The topological polar surface area (TPSA) is 56.1 Å². The molecule has 1 N–H and O–H groups in total. The number of Topliss-reactive ketones (excluding diaryl/α,β-unsaturated/α-hetero) is 1. The molecular weight excluding hydrogens is 334 g/mol. The molecule has 1 heterocycles. The van der Waals surface area contributed by atoms with Gasteiger partial charge in [0.15, 0.2) is 5.78 Å². The van der Waals surface area contributed by atoms with Gasteiger partial charge in [0, 0.05) is 25.2 Å². The SMILES string of the molecule is CC(=O)c1ccc(C#N)c(NCc2ccccc2CN2CCCC(C)C2)c1. The number of likely N-dealkylation sites (tertiary alicyclic amines) is 1. The van der Waals surface area contributed by atoms with Crippen LogP contribution in [0.1, 0.15) is 53.7 Å². The molecule has 27 heavy (non-hydrogen) atoms. The standard InChI is InChI=1S/C23H27N3O/c1-17-6-5-11-26(15-17)16-22-8-4-3-7-21(22)14-25-23-12-19(18(2)27)9-10-20(23)13-24/h3-4,7-10,12,17,25H,5-6,11,14-16H2,1-2H3. The second-order valence-corrected chi connectivity index (χ2v) is 7.53. The maximum absolute atomic E-state index is 11.7. The Morgan fingerprint density at radius 3 is 2.74 bits per heavy atom. The maximum Gasteiger partial charge on any atom is 0.159 e. The number of carbonyl (C=O) groups is 1. The summed E-state index contributed by atoms with van der Waals surface area (Å²) in [6.07, 6.45) is 2.59. The Balaban J connectivity index is 1.74. The fraction of sp³-hybridized carbons (Fsp3) is 0.391. The van der Waals surface area contributed by atoms with Crippen LogP contribution in [-0.4, -0.2) is 23.8 Å². The Morgan fingerprint density at radius 1 is 1.26 bits per heavy atom. The molecule has 140 valence electrons. The summed E-state index contributed by atoms with van der Waals surface area (Å²) in [7, 11) is 0. The highest BCUT2D eigenvalue weighted by atomic mass is 16.1. The molecule has 1 saturated heterocycles. The van der Waals surface area contributed by atoms with Crippen molar-refractivity contribution in [3.63, 3.8) is 0 Å². The molecule has 3 rings (SSSR count). The van der Waals surface area contributed by atoms with Crippen molar-refractivity contribution in [1.82, 2.24) is 4.90 Å². The monoisotopic (exact) mass is 361 g/mol. The predicted molar refractivity (Wildman–Crippen MR) is 109 cm³/mol. The van der Waals surface area contributed by atoms with Crippen LogP contribution in [0, 0.1) is 17.2 Å². The zero-order chi connectivity index (χ0) is 19.2. The zero-order valence-electron chi connectivity index (χ0n) is 16.2. The molecule has 2 aromatic carbocycles. The van der Waals surface area contributed by atoms with E-state index in [4.69, 9.17) is 0 Å². The van der Waals surface area contributed by atoms with E-state index >= 15 is 0 Å². The second kappa shape index (κ2) is 8.83. The quantitative estimate of drug-likeness (QED) is 0.764. The first-order valence-electron chi connectivity index (χ1n) is 9.65. The highest BCUT2D eigenvalue weighted by Crippen LogP contribution is 2.22. The molecule has 0 amide bonds. The van der Waals surface area contributed by atoms with Gasteiger partial charge in [0.05, 0.1) is 11.3 Å². The number of ketones is 1. The number of nitrogens with zero attached hydrogens (tertiary/aromatic N) is 2. The van der Waals surface area contributed by atoms with E-state index in [1.54, 1.807) is 25.1 Å². The molecule has 0 saturated carbocycles. The molecular formula is C23H27N3O. The first-order chi connectivity index (χ1) is 13.1. The van der Waals surface area contributed by atoms with E-state index < -0.39 is 0 Å². The molecule has 0 aromatic heterocycles. The number of anilines is 1. The van der Waals surface area contributed by atoms with Gasteiger partial charge in [0.2, 0.25) is 0 Å². The fourth-order valence-electron chi connectivity index (χ4n) is 3.75. The van der Waals surface area contributed by atoms with Crippen LogP contribution < -0.4 is 5.32 Å². The number of nitriles is 1. The van der Waals surface area contributed by atoms with Crippen LogP contribution in [0.25, 0.3) is 0 Å². The van der Waals surface area contributed by atoms with Crippen molar-refractivity contribution in [3.05, 3.63) is 64.7 Å². The minimum atomic E-state index is 0.00200. The maximum atomic E-state index is 11.7. The Kier molecular flexibility index (Phi) is 6.26. The summed E-state index contributed by atoms with van der Waals surface area (Å²) >= 11 is 0. The van der Waals surface area contributed by atoms with Gasteiger partial charge in [-0.15, -0.1) is 0 Å². The van der Waals surface area contributed by atoms with E-state index in [0.717, 1.165) is 25.6 Å².